The maximum atomic E-state index is 12.6. The van der Waals surface area contributed by atoms with Crippen molar-refractivity contribution in [2.75, 3.05) is 18.6 Å². The van der Waals surface area contributed by atoms with Crippen LogP contribution in [0.1, 0.15) is 13.8 Å². The van der Waals surface area contributed by atoms with Crippen LogP contribution in [0.3, 0.4) is 0 Å². The molecule has 1 aromatic rings. The van der Waals surface area contributed by atoms with E-state index in [0.717, 1.165) is 16.4 Å². The molecule has 0 unspecified atom stereocenters. The van der Waals surface area contributed by atoms with Crippen molar-refractivity contribution < 1.29 is 18.4 Å². The minimum absolute atomic E-state index is 0.0455. The third-order valence-corrected chi connectivity index (χ3v) is 4.93. The maximum Gasteiger partial charge on any atom is 0.270 e. The summed E-state index contributed by atoms with van der Waals surface area (Å²) >= 11 is 0. The number of hydrazine groups is 1. The summed E-state index contributed by atoms with van der Waals surface area (Å²) in [4.78, 5) is 9.82. The van der Waals surface area contributed by atoms with Crippen molar-refractivity contribution in [3.05, 3.63) is 28.3 Å². The van der Waals surface area contributed by atoms with Crippen molar-refractivity contribution in [1.29, 1.82) is 0 Å². The van der Waals surface area contributed by atoms with Gasteiger partial charge in [0.25, 0.3) is 5.69 Å². The van der Waals surface area contributed by atoms with Gasteiger partial charge in [-0.2, -0.15) is 4.31 Å². The Morgan fingerprint density at radius 3 is 2.52 bits per heavy atom. The minimum atomic E-state index is -4.03. The second-order valence-electron chi connectivity index (χ2n) is 4.52. The lowest BCUT2D eigenvalue weighted by Gasteiger charge is -2.25. The fourth-order valence-corrected chi connectivity index (χ4v) is 3.64. The van der Waals surface area contributed by atoms with Gasteiger partial charge in [-0.05, 0) is 19.9 Å². The van der Waals surface area contributed by atoms with E-state index >= 15 is 0 Å². The molecule has 0 heterocycles. The van der Waals surface area contributed by atoms with E-state index in [1.54, 1.807) is 13.8 Å². The molecule has 0 aliphatic carbocycles. The average molecular weight is 318 g/mol. The molecule has 1 rings (SSSR count). The van der Waals surface area contributed by atoms with E-state index in [1.807, 2.05) is 0 Å². The number of nitrogen functional groups attached to an aromatic ring is 1. The quantitative estimate of drug-likeness (QED) is 0.372. The molecule has 0 spiro atoms. The summed E-state index contributed by atoms with van der Waals surface area (Å²) in [5.41, 5.74) is 1.90. The number of aliphatic hydroxyl groups is 1. The topological polar surface area (TPSA) is 139 Å². The zero-order valence-corrected chi connectivity index (χ0v) is 12.5. The number of hydrogen-bond acceptors (Lipinski definition) is 7. The summed E-state index contributed by atoms with van der Waals surface area (Å²) in [5, 5.41) is 19.8. The zero-order valence-electron chi connectivity index (χ0n) is 11.7. The van der Waals surface area contributed by atoms with E-state index in [4.69, 9.17) is 10.9 Å². The van der Waals surface area contributed by atoms with E-state index in [1.165, 1.54) is 6.07 Å². The van der Waals surface area contributed by atoms with Crippen molar-refractivity contribution >= 4 is 21.4 Å². The molecule has 0 bridgehead atoms. The van der Waals surface area contributed by atoms with Crippen LogP contribution in [0.15, 0.2) is 23.1 Å². The normalized spacial score (nSPS) is 11.9. The largest absolute Gasteiger partial charge is 0.395 e. The Hall–Kier alpha value is -1.75. The van der Waals surface area contributed by atoms with Gasteiger partial charge in [-0.1, -0.05) is 0 Å². The highest BCUT2D eigenvalue weighted by Gasteiger charge is 2.30. The summed E-state index contributed by atoms with van der Waals surface area (Å²) in [5.74, 6) is 5.27. The van der Waals surface area contributed by atoms with Crippen molar-refractivity contribution in [2.45, 2.75) is 24.8 Å². The molecule has 0 aliphatic rings. The number of sulfonamides is 1. The fraction of sp³-hybridized carbons (Fsp3) is 0.455. The Morgan fingerprint density at radius 1 is 1.48 bits per heavy atom. The van der Waals surface area contributed by atoms with Crippen LogP contribution < -0.4 is 11.3 Å². The first-order valence-electron chi connectivity index (χ1n) is 6.13. The van der Waals surface area contributed by atoms with E-state index in [2.05, 4.69) is 5.43 Å². The lowest BCUT2D eigenvalue weighted by Crippen LogP contribution is -2.39. The van der Waals surface area contributed by atoms with E-state index in [9.17, 15) is 18.5 Å². The highest BCUT2D eigenvalue weighted by Crippen LogP contribution is 2.29. The molecule has 10 heteroatoms. The van der Waals surface area contributed by atoms with Crippen molar-refractivity contribution in [1.82, 2.24) is 4.31 Å². The summed E-state index contributed by atoms with van der Waals surface area (Å²) < 4.78 is 26.3. The second kappa shape index (κ2) is 6.80. The van der Waals surface area contributed by atoms with Crippen molar-refractivity contribution in [3.8, 4) is 0 Å². The standard InChI is InChI=1S/C11H18N4O5S/c1-8(2)14(5-6-16)21(19,20)11-7-9(15(17)18)3-4-10(11)13-12/h3-4,7-8,13,16H,5-6,12H2,1-2H3. The van der Waals surface area contributed by atoms with Gasteiger partial charge in [-0.25, -0.2) is 8.42 Å². The van der Waals surface area contributed by atoms with E-state index in [0.29, 0.717) is 0 Å². The van der Waals surface area contributed by atoms with Crippen LogP contribution in [0, 0.1) is 10.1 Å². The number of non-ortho nitro benzene ring substituents is 1. The molecule has 4 N–H and O–H groups in total. The van der Waals surface area contributed by atoms with Gasteiger partial charge >= 0.3 is 0 Å². The molecule has 0 saturated carbocycles. The third-order valence-electron chi connectivity index (χ3n) is 2.81. The molecule has 0 amide bonds. The number of nitrogens with one attached hydrogen (secondary N) is 1. The van der Waals surface area contributed by atoms with Crippen molar-refractivity contribution in [3.63, 3.8) is 0 Å². The van der Waals surface area contributed by atoms with Crippen LogP contribution in [0.4, 0.5) is 11.4 Å². The molecule has 0 atom stereocenters. The summed E-state index contributed by atoms with van der Waals surface area (Å²) in [6, 6.07) is 2.90. The number of anilines is 1. The highest BCUT2D eigenvalue weighted by molar-refractivity contribution is 7.89. The molecule has 0 saturated heterocycles. The fourth-order valence-electron chi connectivity index (χ4n) is 1.84. The molecular weight excluding hydrogens is 300 g/mol. The van der Waals surface area contributed by atoms with Gasteiger partial charge < -0.3 is 10.5 Å². The molecular formula is C11H18N4O5S. The molecule has 118 valence electrons. The van der Waals surface area contributed by atoms with Gasteiger partial charge in [0.05, 0.1) is 17.2 Å². The lowest BCUT2D eigenvalue weighted by atomic mass is 10.3. The van der Waals surface area contributed by atoms with Gasteiger partial charge in [0.15, 0.2) is 0 Å². The van der Waals surface area contributed by atoms with Crippen LogP contribution in [0.25, 0.3) is 0 Å². The molecule has 0 fully saturated rings. The van der Waals surface area contributed by atoms with Crippen LogP contribution in [-0.4, -0.2) is 41.9 Å². The molecule has 9 nitrogen and oxygen atoms in total. The molecule has 1 aromatic carbocycles. The number of hydrogen-bond donors (Lipinski definition) is 3. The number of nitrogens with zero attached hydrogens (tertiary/aromatic N) is 2. The second-order valence-corrected chi connectivity index (χ2v) is 6.37. The number of nitro benzene ring substituents is 1. The van der Waals surface area contributed by atoms with E-state index < -0.39 is 21.0 Å². The molecule has 0 aromatic heterocycles. The molecule has 0 radical (unpaired) electrons. The zero-order chi connectivity index (χ0) is 16.2. The molecule has 21 heavy (non-hydrogen) atoms. The van der Waals surface area contributed by atoms with Gasteiger partial charge in [0.2, 0.25) is 10.0 Å². The Labute approximate surface area is 122 Å². The Bertz CT molecular complexity index is 617. The van der Waals surface area contributed by atoms with Gasteiger partial charge in [0.1, 0.15) is 4.90 Å². The lowest BCUT2D eigenvalue weighted by molar-refractivity contribution is -0.385. The monoisotopic (exact) mass is 318 g/mol. The van der Waals surface area contributed by atoms with Crippen LogP contribution in [-0.2, 0) is 10.0 Å². The van der Waals surface area contributed by atoms with Crippen LogP contribution in [0.5, 0.6) is 0 Å². The Kier molecular flexibility index (Phi) is 5.61. The first kappa shape index (κ1) is 17.3. The smallest absolute Gasteiger partial charge is 0.270 e. The van der Waals surface area contributed by atoms with Gasteiger partial charge in [0, 0.05) is 24.7 Å². The van der Waals surface area contributed by atoms with Crippen molar-refractivity contribution in [2.24, 2.45) is 5.84 Å². The first-order chi connectivity index (χ1) is 9.75. The summed E-state index contributed by atoms with van der Waals surface area (Å²) in [6.07, 6.45) is 0. The van der Waals surface area contributed by atoms with Crippen LogP contribution in [0.2, 0.25) is 0 Å². The SMILES string of the molecule is CC(C)N(CCO)S(=O)(=O)c1cc([N+](=O)[O-])ccc1NN. The Balaban J connectivity index is 3.47. The Morgan fingerprint density at radius 2 is 2.10 bits per heavy atom. The average Bonchev–Trinajstić information content (AvgIpc) is 2.43. The number of aliphatic hydroxyl groups excluding tert-OH is 1. The van der Waals surface area contributed by atoms with Gasteiger partial charge in [-0.15, -0.1) is 0 Å². The predicted molar refractivity (Wildman–Crippen MR) is 77.0 cm³/mol. The number of nitrogens with two attached hydrogens (primary N) is 1. The van der Waals surface area contributed by atoms with Crippen LogP contribution >= 0.6 is 0 Å². The maximum absolute atomic E-state index is 12.6. The summed E-state index contributed by atoms with van der Waals surface area (Å²) in [6.45, 7) is 2.80. The van der Waals surface area contributed by atoms with Gasteiger partial charge in [-0.3, -0.25) is 16.0 Å². The predicted octanol–water partition coefficient (Wildman–Crippen LogP) is 0.272. The summed E-state index contributed by atoms with van der Waals surface area (Å²) in [7, 11) is -4.03. The number of benzene rings is 1. The number of nitro groups is 1. The third kappa shape index (κ3) is 3.67. The highest BCUT2D eigenvalue weighted by atomic mass is 32.2. The first-order valence-corrected chi connectivity index (χ1v) is 7.57. The molecule has 0 aliphatic heterocycles. The minimum Gasteiger partial charge on any atom is -0.395 e. The van der Waals surface area contributed by atoms with E-state index in [-0.39, 0.29) is 29.4 Å². The number of rotatable bonds is 7.